The molecule has 8 heteroatoms. The molecule has 0 radical (unpaired) electrons. The van der Waals surface area contributed by atoms with Crippen LogP contribution in [0, 0.1) is 0 Å². The van der Waals surface area contributed by atoms with Crippen LogP contribution >= 0.6 is 23.6 Å². The fourth-order valence-electron chi connectivity index (χ4n) is 4.16. The monoisotopic (exact) mass is 526 g/mol. The van der Waals surface area contributed by atoms with Crippen LogP contribution in [0.4, 0.5) is 10.7 Å². The highest BCUT2D eigenvalue weighted by Gasteiger charge is 2.19. The molecule has 0 amide bonds. The normalized spacial score (nSPS) is 10.8. The van der Waals surface area contributed by atoms with E-state index in [-0.39, 0.29) is 5.97 Å². The number of anilines is 2. The lowest BCUT2D eigenvalue weighted by molar-refractivity contribution is 0.0528. The van der Waals surface area contributed by atoms with E-state index in [0.29, 0.717) is 28.8 Å². The largest absolute Gasteiger partial charge is 0.462 e. The Kier molecular flexibility index (Phi) is 7.58. The molecule has 6 nitrogen and oxygen atoms in total. The highest BCUT2D eigenvalue weighted by atomic mass is 32.1. The van der Waals surface area contributed by atoms with Crippen molar-refractivity contribution < 1.29 is 9.53 Å². The van der Waals surface area contributed by atoms with Crippen molar-refractivity contribution in [1.29, 1.82) is 0 Å². The first-order valence-electron chi connectivity index (χ1n) is 12.0. The summed E-state index contributed by atoms with van der Waals surface area (Å²) >= 11 is 7.06. The van der Waals surface area contributed by atoms with Gasteiger partial charge in [-0.3, -0.25) is 4.68 Å². The van der Waals surface area contributed by atoms with E-state index in [9.17, 15) is 4.79 Å². The van der Waals surface area contributed by atoms with Gasteiger partial charge in [-0.15, -0.1) is 11.3 Å². The molecule has 0 aliphatic heterocycles. The maximum atomic E-state index is 12.6. The van der Waals surface area contributed by atoms with Gasteiger partial charge in [0.1, 0.15) is 5.00 Å². The van der Waals surface area contributed by atoms with Crippen LogP contribution in [0.5, 0.6) is 0 Å². The van der Waals surface area contributed by atoms with Crippen molar-refractivity contribution in [3.63, 3.8) is 0 Å². The Hall–Kier alpha value is -4.01. The number of thiocarbonyl (C=S) groups is 1. The van der Waals surface area contributed by atoms with Gasteiger partial charge >= 0.3 is 5.97 Å². The topological polar surface area (TPSA) is 68.2 Å². The Balaban J connectivity index is 1.28. The van der Waals surface area contributed by atoms with Crippen molar-refractivity contribution in [2.75, 3.05) is 17.2 Å². The number of nitrogens with one attached hydrogen (secondary N) is 2. The van der Waals surface area contributed by atoms with Crippen molar-refractivity contribution in [3.8, 4) is 0 Å². The van der Waals surface area contributed by atoms with Gasteiger partial charge in [-0.2, -0.15) is 5.10 Å². The number of fused-ring (bicyclic) bond motifs is 1. The first-order valence-corrected chi connectivity index (χ1v) is 13.2. The summed E-state index contributed by atoms with van der Waals surface area (Å²) in [6.07, 6.45) is 4.37. The first-order chi connectivity index (χ1) is 18.1. The van der Waals surface area contributed by atoms with Crippen LogP contribution in [-0.4, -0.2) is 27.5 Å². The van der Waals surface area contributed by atoms with Crippen LogP contribution in [0.2, 0.25) is 0 Å². The van der Waals surface area contributed by atoms with E-state index in [2.05, 4.69) is 58.2 Å². The van der Waals surface area contributed by atoms with E-state index >= 15 is 0 Å². The number of hydrogen-bond donors (Lipinski definition) is 2. The highest BCUT2D eigenvalue weighted by molar-refractivity contribution is 7.80. The predicted octanol–water partition coefficient (Wildman–Crippen LogP) is 6.72. The number of aromatic nitrogens is 2. The molecule has 0 aliphatic carbocycles. The smallest absolute Gasteiger partial charge is 0.341 e. The molecule has 0 unspecified atom stereocenters. The van der Waals surface area contributed by atoms with Crippen LogP contribution in [-0.2, 0) is 17.7 Å². The van der Waals surface area contributed by atoms with Crippen molar-refractivity contribution in [1.82, 2.24) is 9.78 Å². The Morgan fingerprint density at radius 1 is 1.03 bits per heavy atom. The number of carbonyl (C=O) groups excluding carboxylic acids is 1. The van der Waals surface area contributed by atoms with Crippen LogP contribution < -0.4 is 10.6 Å². The summed E-state index contributed by atoms with van der Waals surface area (Å²) in [6, 6.07) is 26.6. The van der Waals surface area contributed by atoms with Gasteiger partial charge in [-0.25, -0.2) is 4.79 Å². The van der Waals surface area contributed by atoms with Crippen molar-refractivity contribution in [3.05, 3.63) is 113 Å². The Morgan fingerprint density at radius 2 is 1.81 bits per heavy atom. The fourth-order valence-corrected chi connectivity index (χ4v) is 5.53. The quantitative estimate of drug-likeness (QED) is 0.173. The molecule has 0 aliphatic rings. The van der Waals surface area contributed by atoms with Crippen molar-refractivity contribution in [2.24, 2.45) is 0 Å². The summed E-state index contributed by atoms with van der Waals surface area (Å²) in [7, 11) is 0. The molecule has 5 rings (SSSR count). The summed E-state index contributed by atoms with van der Waals surface area (Å²) in [4.78, 5) is 13.7. The third kappa shape index (κ3) is 6.04. The Morgan fingerprint density at radius 3 is 2.65 bits per heavy atom. The number of nitrogens with zero attached hydrogens (tertiary/aromatic N) is 2. The van der Waals surface area contributed by atoms with E-state index < -0.39 is 0 Å². The number of benzene rings is 3. The fraction of sp³-hybridized carbons (Fsp3) is 0.138. The van der Waals surface area contributed by atoms with Gasteiger partial charge in [0, 0.05) is 17.5 Å². The number of thiophene rings is 1. The lowest BCUT2D eigenvalue weighted by Crippen LogP contribution is -2.19. The van der Waals surface area contributed by atoms with Crippen LogP contribution in [0.3, 0.4) is 0 Å². The number of rotatable bonds is 8. The summed E-state index contributed by atoms with van der Waals surface area (Å²) in [5.74, 6) is -0.369. The zero-order valence-electron chi connectivity index (χ0n) is 20.3. The van der Waals surface area contributed by atoms with E-state index in [0.717, 1.165) is 17.0 Å². The molecule has 0 atom stereocenters. The molecule has 0 saturated heterocycles. The standard InChI is InChI=1S/C29H26N4O2S2/c1-2-35-28(34)26-16-24(15-20-9-4-3-5-10-20)37-27(26)32-29(36)31-23-17-30-33(19-23)18-22-13-8-12-21-11-6-7-14-25(21)22/h3-14,16-17,19H,2,15,18H2,1H3,(H2,31,32,36). The average Bonchev–Trinajstić information content (AvgIpc) is 3.51. The molecular formula is C29H26N4O2S2. The van der Waals surface area contributed by atoms with Crippen molar-refractivity contribution >= 4 is 56.1 Å². The maximum Gasteiger partial charge on any atom is 0.341 e. The minimum Gasteiger partial charge on any atom is -0.462 e. The molecule has 2 heterocycles. The van der Waals surface area contributed by atoms with Crippen LogP contribution in [0.15, 0.2) is 91.3 Å². The van der Waals surface area contributed by atoms with Crippen LogP contribution in [0.25, 0.3) is 10.8 Å². The molecule has 0 fully saturated rings. The van der Waals surface area contributed by atoms with E-state index in [1.54, 1.807) is 13.1 Å². The Bertz CT molecular complexity index is 1540. The van der Waals surface area contributed by atoms with Gasteiger partial charge in [-0.1, -0.05) is 72.8 Å². The zero-order valence-corrected chi connectivity index (χ0v) is 21.9. The molecule has 2 aromatic heterocycles. The molecule has 3 aromatic carbocycles. The van der Waals surface area contributed by atoms with Gasteiger partial charge in [0.2, 0.25) is 0 Å². The number of ether oxygens (including phenoxy) is 1. The van der Waals surface area contributed by atoms with Gasteiger partial charge in [0.15, 0.2) is 5.11 Å². The maximum absolute atomic E-state index is 12.6. The third-order valence-electron chi connectivity index (χ3n) is 5.83. The average molecular weight is 527 g/mol. The summed E-state index contributed by atoms with van der Waals surface area (Å²) in [5.41, 5.74) is 3.60. The predicted molar refractivity (Wildman–Crippen MR) is 155 cm³/mol. The first kappa shape index (κ1) is 24.7. The zero-order chi connectivity index (χ0) is 25.6. The van der Waals surface area contributed by atoms with Crippen LogP contribution in [0.1, 0.15) is 33.3 Å². The molecule has 0 bridgehead atoms. The molecule has 2 N–H and O–H groups in total. The van der Waals surface area contributed by atoms with Gasteiger partial charge in [-0.05, 0) is 47.1 Å². The van der Waals surface area contributed by atoms with Gasteiger partial charge < -0.3 is 15.4 Å². The minimum absolute atomic E-state index is 0.306. The second-order valence-corrected chi connectivity index (χ2v) is 10.0. The molecule has 0 saturated carbocycles. The lowest BCUT2D eigenvalue weighted by Gasteiger charge is -2.09. The summed E-state index contributed by atoms with van der Waals surface area (Å²) < 4.78 is 7.15. The molecular weight excluding hydrogens is 500 g/mol. The number of hydrogen-bond acceptors (Lipinski definition) is 5. The molecule has 5 aromatic rings. The van der Waals surface area contributed by atoms with E-state index in [1.165, 1.54) is 33.2 Å². The van der Waals surface area contributed by atoms with E-state index in [4.69, 9.17) is 17.0 Å². The molecule has 186 valence electrons. The van der Waals surface area contributed by atoms with E-state index in [1.807, 2.05) is 47.3 Å². The van der Waals surface area contributed by atoms with Gasteiger partial charge in [0.05, 0.1) is 30.6 Å². The molecule has 37 heavy (non-hydrogen) atoms. The minimum atomic E-state index is -0.369. The number of carbonyl (C=O) groups is 1. The number of esters is 1. The summed E-state index contributed by atoms with van der Waals surface area (Å²) in [5, 5.41) is 14.3. The SMILES string of the molecule is CCOC(=O)c1cc(Cc2ccccc2)sc1NC(=S)Nc1cnn(Cc2cccc3ccccc23)c1. The Labute approximate surface area is 224 Å². The summed E-state index contributed by atoms with van der Waals surface area (Å²) in [6.45, 7) is 2.75. The lowest BCUT2D eigenvalue weighted by atomic mass is 10.0. The second-order valence-electron chi connectivity index (χ2n) is 8.48. The highest BCUT2D eigenvalue weighted by Crippen LogP contribution is 2.31. The molecule has 0 spiro atoms. The van der Waals surface area contributed by atoms with Crippen molar-refractivity contribution in [2.45, 2.75) is 19.9 Å². The second kappa shape index (κ2) is 11.4. The van der Waals surface area contributed by atoms with Gasteiger partial charge in [0.25, 0.3) is 0 Å². The third-order valence-corrected chi connectivity index (χ3v) is 7.08.